The summed E-state index contributed by atoms with van der Waals surface area (Å²) in [5.41, 5.74) is 0.700. The van der Waals surface area contributed by atoms with Crippen LogP contribution in [0.4, 0.5) is 4.39 Å². The number of ether oxygens (including phenoxy) is 1. The number of halogens is 4. The second-order valence-electron chi connectivity index (χ2n) is 3.58. The normalized spacial score (nSPS) is 10.4. The van der Waals surface area contributed by atoms with Gasteiger partial charge in [0.1, 0.15) is 18.2 Å². The first-order chi connectivity index (χ1) is 8.58. The van der Waals surface area contributed by atoms with Crippen LogP contribution in [0.3, 0.4) is 0 Å². The van der Waals surface area contributed by atoms with E-state index in [9.17, 15) is 4.39 Å². The van der Waals surface area contributed by atoms with Crippen molar-refractivity contribution in [2.24, 2.45) is 0 Å². The molecule has 0 aliphatic heterocycles. The molecule has 2 aromatic rings. The maximum absolute atomic E-state index is 13.3. The summed E-state index contributed by atoms with van der Waals surface area (Å²) in [6.07, 6.45) is 0. The van der Waals surface area contributed by atoms with Crippen LogP contribution in [0.5, 0.6) is 5.75 Å². The molecule has 18 heavy (non-hydrogen) atoms. The van der Waals surface area contributed by atoms with Crippen molar-refractivity contribution in [1.82, 2.24) is 0 Å². The first kappa shape index (κ1) is 13.7. The lowest BCUT2D eigenvalue weighted by molar-refractivity contribution is 0.305. The van der Waals surface area contributed by atoms with Crippen molar-refractivity contribution < 1.29 is 9.13 Å². The minimum absolute atomic E-state index is 0.207. The van der Waals surface area contributed by atoms with Gasteiger partial charge in [0.05, 0.1) is 9.50 Å². The SMILES string of the molecule is Fc1cccc(COc2cc(Cl)ccc2Cl)c1Br. The van der Waals surface area contributed by atoms with Gasteiger partial charge in [-0.3, -0.25) is 0 Å². The molecular weight excluding hydrogens is 342 g/mol. The Morgan fingerprint density at radius 3 is 2.72 bits per heavy atom. The summed E-state index contributed by atoms with van der Waals surface area (Å²) in [7, 11) is 0. The average molecular weight is 350 g/mol. The van der Waals surface area contributed by atoms with Crippen LogP contribution in [0.1, 0.15) is 5.56 Å². The van der Waals surface area contributed by atoms with Gasteiger partial charge in [0.25, 0.3) is 0 Å². The third-order valence-corrected chi connectivity index (χ3v) is 3.74. The Bertz CT molecular complexity index is 573. The Morgan fingerprint density at radius 2 is 1.94 bits per heavy atom. The van der Waals surface area contributed by atoms with Gasteiger partial charge < -0.3 is 4.74 Å². The zero-order valence-corrected chi connectivity index (χ0v) is 12.2. The Labute approximate surface area is 123 Å². The molecule has 94 valence electrons. The van der Waals surface area contributed by atoms with Gasteiger partial charge in [0.15, 0.2) is 0 Å². The Morgan fingerprint density at radius 1 is 1.17 bits per heavy atom. The molecule has 0 atom stereocenters. The second kappa shape index (κ2) is 5.91. The van der Waals surface area contributed by atoms with E-state index in [4.69, 9.17) is 27.9 Å². The molecule has 1 nitrogen and oxygen atoms in total. The second-order valence-corrected chi connectivity index (χ2v) is 5.21. The summed E-state index contributed by atoms with van der Waals surface area (Å²) in [4.78, 5) is 0. The summed E-state index contributed by atoms with van der Waals surface area (Å²) < 4.78 is 19.2. The van der Waals surface area contributed by atoms with Crippen LogP contribution >= 0.6 is 39.1 Å². The van der Waals surface area contributed by atoms with Gasteiger partial charge in [0.2, 0.25) is 0 Å². The van der Waals surface area contributed by atoms with Crippen molar-refractivity contribution in [2.75, 3.05) is 0 Å². The van der Waals surface area contributed by atoms with Crippen molar-refractivity contribution in [3.63, 3.8) is 0 Å². The molecule has 0 bridgehead atoms. The van der Waals surface area contributed by atoms with Crippen molar-refractivity contribution in [2.45, 2.75) is 6.61 Å². The summed E-state index contributed by atoms with van der Waals surface area (Å²) in [6, 6.07) is 9.72. The highest BCUT2D eigenvalue weighted by atomic mass is 79.9. The van der Waals surface area contributed by atoms with Crippen LogP contribution in [0.2, 0.25) is 10.0 Å². The lowest BCUT2D eigenvalue weighted by Crippen LogP contribution is -1.98. The van der Waals surface area contributed by atoms with Crippen LogP contribution in [0.15, 0.2) is 40.9 Å². The topological polar surface area (TPSA) is 9.23 Å². The summed E-state index contributed by atoms with van der Waals surface area (Å²) >= 11 is 15.0. The molecule has 0 spiro atoms. The highest BCUT2D eigenvalue weighted by Crippen LogP contribution is 2.29. The molecule has 0 saturated heterocycles. The number of benzene rings is 2. The molecule has 0 heterocycles. The predicted molar refractivity (Wildman–Crippen MR) is 74.9 cm³/mol. The van der Waals surface area contributed by atoms with Crippen molar-refractivity contribution in [3.05, 3.63) is 62.3 Å². The molecular formula is C13H8BrCl2FO. The average Bonchev–Trinajstić information content (AvgIpc) is 2.35. The van der Waals surface area contributed by atoms with Crippen LogP contribution < -0.4 is 4.74 Å². The molecule has 0 amide bonds. The third-order valence-electron chi connectivity index (χ3n) is 2.31. The molecule has 0 saturated carbocycles. The zero-order valence-electron chi connectivity index (χ0n) is 9.09. The molecule has 5 heteroatoms. The van der Waals surface area contributed by atoms with E-state index in [0.29, 0.717) is 25.8 Å². The first-order valence-electron chi connectivity index (χ1n) is 5.08. The Hall–Kier alpha value is -0.770. The third kappa shape index (κ3) is 3.16. The molecule has 0 unspecified atom stereocenters. The minimum Gasteiger partial charge on any atom is -0.487 e. The molecule has 2 rings (SSSR count). The van der Waals surface area contributed by atoms with E-state index < -0.39 is 0 Å². The van der Waals surface area contributed by atoms with E-state index in [1.807, 2.05) is 0 Å². The minimum atomic E-state index is -0.326. The number of hydrogen-bond acceptors (Lipinski definition) is 1. The maximum atomic E-state index is 13.3. The molecule has 0 aromatic heterocycles. The lowest BCUT2D eigenvalue weighted by Gasteiger charge is -2.10. The van der Waals surface area contributed by atoms with E-state index in [1.165, 1.54) is 6.07 Å². The smallest absolute Gasteiger partial charge is 0.139 e. The largest absolute Gasteiger partial charge is 0.487 e. The monoisotopic (exact) mass is 348 g/mol. The number of rotatable bonds is 3. The van der Waals surface area contributed by atoms with E-state index in [1.54, 1.807) is 30.3 Å². The van der Waals surface area contributed by atoms with Crippen LogP contribution in [0, 0.1) is 5.82 Å². The van der Waals surface area contributed by atoms with Crippen LogP contribution in [-0.4, -0.2) is 0 Å². The lowest BCUT2D eigenvalue weighted by atomic mass is 10.2. The molecule has 2 aromatic carbocycles. The molecule has 0 fully saturated rings. The molecule has 0 aliphatic rings. The van der Waals surface area contributed by atoms with Gasteiger partial charge in [0, 0.05) is 16.7 Å². The number of hydrogen-bond donors (Lipinski definition) is 0. The van der Waals surface area contributed by atoms with Crippen molar-refractivity contribution in [1.29, 1.82) is 0 Å². The Balaban J connectivity index is 2.16. The van der Waals surface area contributed by atoms with Crippen LogP contribution in [0.25, 0.3) is 0 Å². The van der Waals surface area contributed by atoms with Crippen LogP contribution in [-0.2, 0) is 6.61 Å². The van der Waals surface area contributed by atoms with Gasteiger partial charge in [-0.1, -0.05) is 35.3 Å². The fraction of sp³-hybridized carbons (Fsp3) is 0.0769. The van der Waals surface area contributed by atoms with E-state index in [-0.39, 0.29) is 12.4 Å². The molecule has 0 aliphatic carbocycles. The van der Waals surface area contributed by atoms with E-state index >= 15 is 0 Å². The van der Waals surface area contributed by atoms with E-state index in [0.717, 1.165) is 0 Å². The first-order valence-corrected chi connectivity index (χ1v) is 6.63. The quantitative estimate of drug-likeness (QED) is 0.713. The predicted octanol–water partition coefficient (Wildman–Crippen LogP) is 5.47. The summed E-state index contributed by atoms with van der Waals surface area (Å²) in [6.45, 7) is 0.207. The van der Waals surface area contributed by atoms with Gasteiger partial charge in [-0.2, -0.15) is 0 Å². The van der Waals surface area contributed by atoms with E-state index in [2.05, 4.69) is 15.9 Å². The Kier molecular flexibility index (Phi) is 4.49. The van der Waals surface area contributed by atoms with Crippen molar-refractivity contribution >= 4 is 39.1 Å². The van der Waals surface area contributed by atoms with Gasteiger partial charge in [-0.05, 0) is 34.1 Å². The summed E-state index contributed by atoms with van der Waals surface area (Å²) in [5, 5.41) is 1.000. The highest BCUT2D eigenvalue weighted by molar-refractivity contribution is 9.10. The van der Waals surface area contributed by atoms with Crippen molar-refractivity contribution in [3.8, 4) is 5.75 Å². The highest BCUT2D eigenvalue weighted by Gasteiger charge is 2.07. The molecule has 0 radical (unpaired) electrons. The fourth-order valence-corrected chi connectivity index (χ4v) is 2.12. The van der Waals surface area contributed by atoms with Gasteiger partial charge >= 0.3 is 0 Å². The fourth-order valence-electron chi connectivity index (χ4n) is 1.40. The maximum Gasteiger partial charge on any atom is 0.139 e. The standard InChI is InChI=1S/C13H8BrCl2FO/c14-13-8(2-1-3-11(13)17)7-18-12-6-9(15)4-5-10(12)16/h1-6H,7H2. The van der Waals surface area contributed by atoms with Gasteiger partial charge in [-0.15, -0.1) is 0 Å². The zero-order chi connectivity index (χ0) is 13.1. The summed E-state index contributed by atoms with van der Waals surface area (Å²) in [5.74, 6) is 0.147. The van der Waals surface area contributed by atoms with Gasteiger partial charge in [-0.25, -0.2) is 4.39 Å². The molecule has 0 N–H and O–H groups in total.